The number of rotatable bonds is 3. The monoisotopic (exact) mass is 290 g/mol. The van der Waals surface area contributed by atoms with Gasteiger partial charge in [-0.25, -0.2) is 9.78 Å². The van der Waals surface area contributed by atoms with Crippen LogP contribution < -0.4 is 5.73 Å². The van der Waals surface area contributed by atoms with Crippen molar-refractivity contribution < 1.29 is 14.5 Å². The van der Waals surface area contributed by atoms with Crippen molar-refractivity contribution in [2.45, 2.75) is 13.8 Å². The van der Waals surface area contributed by atoms with E-state index in [9.17, 15) is 14.9 Å². The first kappa shape index (κ1) is 14.5. The molecule has 2 N–H and O–H groups in total. The molecule has 2 aromatic rings. The average molecular weight is 290 g/mol. The second-order valence-electron chi connectivity index (χ2n) is 4.40. The molecule has 0 amide bonds. The smallest absolute Gasteiger partial charge is 0.360 e. The Hall–Kier alpha value is -2.90. The summed E-state index contributed by atoms with van der Waals surface area (Å²) in [6, 6.07) is 4.63. The summed E-state index contributed by atoms with van der Waals surface area (Å²) < 4.78 is 6.11. The van der Waals surface area contributed by atoms with Crippen LogP contribution in [-0.2, 0) is 4.74 Å². The van der Waals surface area contributed by atoms with Gasteiger partial charge in [0.25, 0.3) is 5.69 Å². The van der Waals surface area contributed by atoms with E-state index in [1.54, 1.807) is 26.0 Å². The van der Waals surface area contributed by atoms with Crippen molar-refractivity contribution in [1.29, 1.82) is 0 Å². The van der Waals surface area contributed by atoms with Gasteiger partial charge in [0.1, 0.15) is 11.6 Å². The first-order valence-corrected chi connectivity index (χ1v) is 6.06. The predicted octanol–water partition coefficient (Wildman–Crippen LogP) is 1.77. The van der Waals surface area contributed by atoms with Crippen molar-refractivity contribution in [2.75, 3.05) is 12.8 Å². The number of esters is 1. The SMILES string of the molecule is COC(=O)c1nc(C)n(-c2cccc([N+](=O)[O-])c2C)c1N. The molecule has 21 heavy (non-hydrogen) atoms. The molecule has 1 aromatic carbocycles. The van der Waals surface area contributed by atoms with Crippen LogP contribution in [-0.4, -0.2) is 27.6 Å². The summed E-state index contributed by atoms with van der Waals surface area (Å²) in [4.78, 5) is 26.2. The van der Waals surface area contributed by atoms with Crippen molar-refractivity contribution >= 4 is 17.5 Å². The molecule has 0 aliphatic carbocycles. The first-order valence-electron chi connectivity index (χ1n) is 6.06. The summed E-state index contributed by atoms with van der Waals surface area (Å²) in [5, 5.41) is 11.0. The number of aryl methyl sites for hydroxylation is 1. The minimum Gasteiger partial charge on any atom is -0.464 e. The number of nitrogens with zero attached hydrogens (tertiary/aromatic N) is 3. The molecule has 8 nitrogen and oxygen atoms in total. The lowest BCUT2D eigenvalue weighted by molar-refractivity contribution is -0.385. The Morgan fingerprint density at radius 2 is 2.10 bits per heavy atom. The van der Waals surface area contributed by atoms with Crippen LogP contribution in [0.1, 0.15) is 21.9 Å². The molecule has 1 heterocycles. The van der Waals surface area contributed by atoms with Crippen LogP contribution in [0, 0.1) is 24.0 Å². The quantitative estimate of drug-likeness (QED) is 0.523. The molecule has 0 saturated carbocycles. The third-order valence-corrected chi connectivity index (χ3v) is 3.17. The second-order valence-corrected chi connectivity index (χ2v) is 4.40. The maximum atomic E-state index is 11.6. The summed E-state index contributed by atoms with van der Waals surface area (Å²) in [5.41, 5.74) is 6.83. The number of hydrogen-bond donors (Lipinski definition) is 1. The summed E-state index contributed by atoms with van der Waals surface area (Å²) in [6.45, 7) is 3.27. The molecular weight excluding hydrogens is 276 g/mol. The summed E-state index contributed by atoms with van der Waals surface area (Å²) in [5.74, 6) is -0.128. The number of methoxy groups -OCH3 is 1. The fraction of sp³-hybridized carbons (Fsp3) is 0.231. The third kappa shape index (κ3) is 2.31. The van der Waals surface area contributed by atoms with Crippen molar-refractivity contribution in [3.05, 3.63) is 45.4 Å². The zero-order valence-electron chi connectivity index (χ0n) is 11.8. The second kappa shape index (κ2) is 5.23. The van der Waals surface area contributed by atoms with Crippen molar-refractivity contribution in [3.63, 3.8) is 0 Å². The molecule has 0 spiro atoms. The Balaban J connectivity index is 2.69. The van der Waals surface area contributed by atoms with Gasteiger partial charge < -0.3 is 10.5 Å². The van der Waals surface area contributed by atoms with Gasteiger partial charge in [0.15, 0.2) is 5.69 Å². The molecule has 0 aliphatic heterocycles. The number of nitrogen functional groups attached to an aromatic ring is 1. The molecule has 0 radical (unpaired) electrons. The lowest BCUT2D eigenvalue weighted by Crippen LogP contribution is -2.09. The number of carbonyl (C=O) groups excluding carboxylic acids is 1. The summed E-state index contributed by atoms with van der Waals surface area (Å²) >= 11 is 0. The van der Waals surface area contributed by atoms with Gasteiger partial charge in [0.05, 0.1) is 23.3 Å². The van der Waals surface area contributed by atoms with Crippen LogP contribution in [0.15, 0.2) is 18.2 Å². The molecule has 2 rings (SSSR count). The van der Waals surface area contributed by atoms with Gasteiger partial charge in [-0.1, -0.05) is 6.07 Å². The summed E-state index contributed by atoms with van der Waals surface area (Å²) in [7, 11) is 1.23. The van der Waals surface area contributed by atoms with Gasteiger partial charge in [-0.2, -0.15) is 0 Å². The van der Waals surface area contributed by atoms with E-state index in [1.807, 2.05) is 0 Å². The van der Waals surface area contributed by atoms with Crippen LogP contribution in [0.2, 0.25) is 0 Å². The molecule has 110 valence electrons. The van der Waals surface area contributed by atoms with Crippen molar-refractivity contribution in [1.82, 2.24) is 9.55 Å². The number of carbonyl (C=O) groups is 1. The topological polar surface area (TPSA) is 113 Å². The number of benzene rings is 1. The van der Waals surface area contributed by atoms with E-state index in [-0.39, 0.29) is 17.2 Å². The van der Waals surface area contributed by atoms with Gasteiger partial charge in [-0.05, 0) is 19.9 Å². The molecule has 1 aromatic heterocycles. The number of anilines is 1. The van der Waals surface area contributed by atoms with Crippen LogP contribution in [0.4, 0.5) is 11.5 Å². The van der Waals surface area contributed by atoms with E-state index in [4.69, 9.17) is 5.73 Å². The molecule has 0 bridgehead atoms. The first-order chi connectivity index (χ1) is 9.88. The van der Waals surface area contributed by atoms with Crippen LogP contribution >= 0.6 is 0 Å². The van der Waals surface area contributed by atoms with Gasteiger partial charge in [-0.3, -0.25) is 14.7 Å². The highest BCUT2D eigenvalue weighted by molar-refractivity contribution is 5.92. The molecule has 0 saturated heterocycles. The Bertz CT molecular complexity index is 736. The van der Waals surface area contributed by atoms with Crippen molar-refractivity contribution in [2.24, 2.45) is 0 Å². The van der Waals surface area contributed by atoms with E-state index in [0.29, 0.717) is 17.1 Å². The molecule has 0 unspecified atom stereocenters. The normalized spacial score (nSPS) is 10.4. The van der Waals surface area contributed by atoms with E-state index in [0.717, 1.165) is 0 Å². The fourth-order valence-corrected chi connectivity index (χ4v) is 2.15. The van der Waals surface area contributed by atoms with Crippen molar-refractivity contribution in [3.8, 4) is 5.69 Å². The standard InChI is InChI=1S/C13H14N4O4/c1-7-9(5-4-6-10(7)17(19)20)16-8(2)15-11(12(16)14)13(18)21-3/h4-6H,14H2,1-3H3. The van der Waals surface area contributed by atoms with Gasteiger partial charge >= 0.3 is 5.97 Å². The highest BCUT2D eigenvalue weighted by atomic mass is 16.6. The van der Waals surface area contributed by atoms with E-state index in [2.05, 4.69) is 9.72 Å². The van der Waals surface area contributed by atoms with E-state index in [1.165, 1.54) is 17.7 Å². The minimum atomic E-state index is -0.655. The summed E-state index contributed by atoms with van der Waals surface area (Å²) in [6.07, 6.45) is 0. The molecule has 0 atom stereocenters. The lowest BCUT2D eigenvalue weighted by Gasteiger charge is -2.11. The highest BCUT2D eigenvalue weighted by Gasteiger charge is 2.23. The molecular formula is C13H14N4O4. The Morgan fingerprint density at radius 3 is 2.67 bits per heavy atom. The maximum Gasteiger partial charge on any atom is 0.360 e. The van der Waals surface area contributed by atoms with Crippen LogP contribution in [0.5, 0.6) is 0 Å². The van der Waals surface area contributed by atoms with Crippen LogP contribution in [0.25, 0.3) is 5.69 Å². The Kier molecular flexibility index (Phi) is 3.62. The zero-order chi connectivity index (χ0) is 15.7. The van der Waals surface area contributed by atoms with Gasteiger partial charge in [0.2, 0.25) is 0 Å². The minimum absolute atomic E-state index is 0.0130. The number of nitro benzene ring substituents is 1. The third-order valence-electron chi connectivity index (χ3n) is 3.17. The Labute approximate surface area is 120 Å². The Morgan fingerprint density at radius 1 is 1.43 bits per heavy atom. The van der Waals surface area contributed by atoms with Crippen LogP contribution in [0.3, 0.4) is 0 Å². The van der Waals surface area contributed by atoms with Gasteiger partial charge in [0, 0.05) is 6.07 Å². The van der Waals surface area contributed by atoms with E-state index >= 15 is 0 Å². The number of nitro groups is 1. The van der Waals surface area contributed by atoms with E-state index < -0.39 is 10.9 Å². The molecule has 0 aliphatic rings. The largest absolute Gasteiger partial charge is 0.464 e. The number of nitrogens with two attached hydrogens (primary N) is 1. The fourth-order valence-electron chi connectivity index (χ4n) is 2.15. The number of imidazole rings is 1. The number of ether oxygens (including phenoxy) is 1. The number of hydrogen-bond acceptors (Lipinski definition) is 6. The lowest BCUT2D eigenvalue weighted by atomic mass is 10.1. The predicted molar refractivity (Wildman–Crippen MR) is 75.4 cm³/mol. The van der Waals surface area contributed by atoms with Gasteiger partial charge in [-0.15, -0.1) is 0 Å². The molecule has 0 fully saturated rings. The molecule has 8 heteroatoms. The average Bonchev–Trinajstić information content (AvgIpc) is 2.73. The zero-order valence-corrected chi connectivity index (χ0v) is 11.8. The highest BCUT2D eigenvalue weighted by Crippen LogP contribution is 2.28. The maximum absolute atomic E-state index is 11.6. The number of aromatic nitrogens is 2.